The number of nitrogens with zero attached hydrogens (tertiary/aromatic N) is 1. The van der Waals surface area contributed by atoms with Gasteiger partial charge in [-0.05, 0) is 41.5 Å². The fourth-order valence-corrected chi connectivity index (χ4v) is 3.06. The highest BCUT2D eigenvalue weighted by Crippen LogP contribution is 2.34. The summed E-state index contributed by atoms with van der Waals surface area (Å²) in [6.45, 7) is 0. The molecule has 0 saturated heterocycles. The van der Waals surface area contributed by atoms with Crippen LogP contribution in [-0.2, 0) is 0 Å². The minimum Gasteiger partial charge on any atom is -0.508 e. The summed E-state index contributed by atoms with van der Waals surface area (Å²) < 4.78 is 1.29. The molecule has 1 heterocycles. The Labute approximate surface area is 152 Å². The van der Waals surface area contributed by atoms with Crippen LogP contribution < -0.4 is 5.69 Å². The number of rotatable bonds is 2. The molecule has 0 bridgehead atoms. The van der Waals surface area contributed by atoms with E-state index in [2.05, 4.69) is 4.98 Å². The maximum absolute atomic E-state index is 12.4. The number of hydrogen-bond donors (Lipinski definition) is 4. The molecule has 0 amide bonds. The van der Waals surface area contributed by atoms with Crippen molar-refractivity contribution in [2.45, 2.75) is 0 Å². The molecule has 26 heavy (non-hydrogen) atoms. The Kier molecular flexibility index (Phi) is 3.63. The molecule has 0 atom stereocenters. The van der Waals surface area contributed by atoms with Crippen LogP contribution in [0.4, 0.5) is 0 Å². The molecule has 0 aliphatic rings. The van der Waals surface area contributed by atoms with E-state index < -0.39 is 5.69 Å². The molecule has 0 saturated carbocycles. The Balaban J connectivity index is 1.91. The summed E-state index contributed by atoms with van der Waals surface area (Å²) >= 11 is 5.92. The summed E-state index contributed by atoms with van der Waals surface area (Å²) in [6.07, 6.45) is 0. The van der Waals surface area contributed by atoms with E-state index in [1.807, 2.05) is 6.07 Å². The second-order valence-electron chi connectivity index (χ2n) is 5.84. The number of phenols is 3. The third-order valence-electron chi connectivity index (χ3n) is 4.17. The maximum atomic E-state index is 12.4. The summed E-state index contributed by atoms with van der Waals surface area (Å²) in [5.74, 6) is -0.359. The summed E-state index contributed by atoms with van der Waals surface area (Å²) in [5.41, 5.74) is 2.59. The van der Waals surface area contributed by atoms with Gasteiger partial charge in [0.05, 0.1) is 21.7 Å². The molecule has 0 fully saturated rings. The van der Waals surface area contributed by atoms with Crippen molar-refractivity contribution in [3.8, 4) is 34.1 Å². The van der Waals surface area contributed by atoms with Gasteiger partial charge >= 0.3 is 5.69 Å². The van der Waals surface area contributed by atoms with E-state index in [9.17, 15) is 20.1 Å². The minimum atomic E-state index is -0.445. The average molecular weight is 369 g/mol. The number of aromatic hydroxyl groups is 3. The number of aromatic nitrogens is 2. The zero-order valence-electron chi connectivity index (χ0n) is 13.3. The van der Waals surface area contributed by atoms with Gasteiger partial charge in [0.1, 0.15) is 17.2 Å². The molecule has 0 aliphatic heterocycles. The van der Waals surface area contributed by atoms with Gasteiger partial charge in [-0.25, -0.2) is 4.79 Å². The van der Waals surface area contributed by atoms with Crippen molar-refractivity contribution in [3.63, 3.8) is 0 Å². The van der Waals surface area contributed by atoms with Gasteiger partial charge < -0.3 is 20.3 Å². The fourth-order valence-electron chi connectivity index (χ4n) is 2.90. The van der Waals surface area contributed by atoms with Crippen molar-refractivity contribution in [1.82, 2.24) is 9.55 Å². The molecular formula is C19H13ClN2O4. The van der Waals surface area contributed by atoms with Crippen molar-refractivity contribution in [2.75, 3.05) is 0 Å². The van der Waals surface area contributed by atoms with Crippen molar-refractivity contribution in [3.05, 3.63) is 70.1 Å². The predicted molar refractivity (Wildman–Crippen MR) is 99.3 cm³/mol. The summed E-state index contributed by atoms with van der Waals surface area (Å²) in [5, 5.41) is 29.1. The van der Waals surface area contributed by atoms with Gasteiger partial charge in [-0.2, -0.15) is 0 Å². The Morgan fingerprint density at radius 1 is 0.846 bits per heavy atom. The third-order valence-corrected chi connectivity index (χ3v) is 4.47. The molecule has 1 aromatic heterocycles. The number of benzene rings is 3. The highest BCUT2D eigenvalue weighted by atomic mass is 35.5. The number of halogens is 1. The number of H-pyrrole nitrogens is 1. The first kappa shape index (κ1) is 16.1. The van der Waals surface area contributed by atoms with E-state index in [1.54, 1.807) is 36.4 Å². The first-order chi connectivity index (χ1) is 12.4. The van der Waals surface area contributed by atoms with Crippen LogP contribution in [0.25, 0.3) is 27.8 Å². The molecule has 0 radical (unpaired) electrons. The molecule has 0 aliphatic carbocycles. The van der Waals surface area contributed by atoms with E-state index in [1.165, 1.54) is 10.6 Å². The molecule has 0 spiro atoms. The van der Waals surface area contributed by atoms with Crippen LogP contribution in [0.5, 0.6) is 17.2 Å². The topological polar surface area (TPSA) is 98.5 Å². The molecule has 7 heteroatoms. The quantitative estimate of drug-likeness (QED) is 0.433. The molecule has 0 unspecified atom stereocenters. The monoisotopic (exact) mass is 368 g/mol. The highest BCUT2D eigenvalue weighted by Gasteiger charge is 2.15. The number of aromatic amines is 1. The average Bonchev–Trinajstić information content (AvgIpc) is 2.93. The van der Waals surface area contributed by atoms with Gasteiger partial charge in [-0.1, -0.05) is 29.8 Å². The van der Waals surface area contributed by atoms with E-state index in [0.29, 0.717) is 11.0 Å². The van der Waals surface area contributed by atoms with Crippen LogP contribution >= 0.6 is 11.6 Å². The van der Waals surface area contributed by atoms with Crippen molar-refractivity contribution in [2.24, 2.45) is 0 Å². The van der Waals surface area contributed by atoms with Crippen LogP contribution in [0.15, 0.2) is 59.4 Å². The molecule has 4 N–H and O–H groups in total. The smallest absolute Gasteiger partial charge is 0.331 e. The van der Waals surface area contributed by atoms with Crippen LogP contribution in [0.1, 0.15) is 0 Å². The Hall–Kier alpha value is -3.38. The van der Waals surface area contributed by atoms with Gasteiger partial charge in [-0.3, -0.25) is 4.57 Å². The van der Waals surface area contributed by atoms with Gasteiger partial charge in [0, 0.05) is 6.07 Å². The zero-order chi connectivity index (χ0) is 18.4. The molecular weight excluding hydrogens is 356 g/mol. The van der Waals surface area contributed by atoms with Crippen molar-refractivity contribution < 1.29 is 15.3 Å². The Bertz CT molecular complexity index is 1190. The lowest BCUT2D eigenvalue weighted by Crippen LogP contribution is -2.14. The second kappa shape index (κ2) is 5.86. The lowest BCUT2D eigenvalue weighted by Gasteiger charge is -2.08. The first-order valence-corrected chi connectivity index (χ1v) is 8.08. The van der Waals surface area contributed by atoms with E-state index >= 15 is 0 Å². The highest BCUT2D eigenvalue weighted by molar-refractivity contribution is 6.32. The second-order valence-corrected chi connectivity index (χ2v) is 6.24. The molecule has 3 aromatic carbocycles. The molecule has 6 nitrogen and oxygen atoms in total. The number of fused-ring (bicyclic) bond motifs is 1. The minimum absolute atomic E-state index is 0.0276. The Morgan fingerprint density at radius 3 is 2.27 bits per heavy atom. The Morgan fingerprint density at radius 2 is 1.54 bits per heavy atom. The maximum Gasteiger partial charge on any atom is 0.331 e. The SMILES string of the molecule is O=c1[nH]c2cc(-c3ccc(O)cc3)ccc2n1-c1cc(Cl)c(O)cc1O. The van der Waals surface area contributed by atoms with Crippen LogP contribution in [0.3, 0.4) is 0 Å². The van der Waals surface area contributed by atoms with E-state index in [4.69, 9.17) is 11.6 Å². The summed E-state index contributed by atoms with van der Waals surface area (Å²) in [4.78, 5) is 15.2. The van der Waals surface area contributed by atoms with Gasteiger partial charge in [-0.15, -0.1) is 0 Å². The fraction of sp³-hybridized carbons (Fsp3) is 0. The first-order valence-electron chi connectivity index (χ1n) is 7.70. The number of nitrogens with one attached hydrogen (secondary N) is 1. The van der Waals surface area contributed by atoms with Gasteiger partial charge in [0.15, 0.2) is 0 Å². The van der Waals surface area contributed by atoms with Crippen molar-refractivity contribution >= 4 is 22.6 Å². The zero-order valence-corrected chi connectivity index (χ0v) is 14.0. The van der Waals surface area contributed by atoms with Gasteiger partial charge in [0.2, 0.25) is 0 Å². The summed E-state index contributed by atoms with van der Waals surface area (Å²) in [6, 6.07) is 14.5. The van der Waals surface area contributed by atoms with E-state index in [-0.39, 0.29) is 28.0 Å². The standard InChI is InChI=1S/C19H13ClN2O4/c20-13-8-16(18(25)9-17(13)24)22-15-6-3-11(7-14(15)21-19(22)26)10-1-4-12(23)5-2-10/h1-9,23-25H,(H,21,26). The normalized spacial score (nSPS) is 11.1. The third kappa shape index (κ3) is 2.57. The van der Waals surface area contributed by atoms with Crippen LogP contribution in [0, 0.1) is 0 Å². The lowest BCUT2D eigenvalue weighted by atomic mass is 10.1. The lowest BCUT2D eigenvalue weighted by molar-refractivity contribution is 0.449. The number of imidazole rings is 1. The van der Waals surface area contributed by atoms with Crippen LogP contribution in [-0.4, -0.2) is 24.9 Å². The molecule has 130 valence electrons. The molecule has 4 aromatic rings. The van der Waals surface area contributed by atoms with E-state index in [0.717, 1.165) is 17.2 Å². The predicted octanol–water partition coefficient (Wildman–Crippen LogP) is 3.76. The van der Waals surface area contributed by atoms with Gasteiger partial charge in [0.25, 0.3) is 0 Å². The largest absolute Gasteiger partial charge is 0.508 e. The number of phenolic OH excluding ortho intramolecular Hbond substituents is 3. The number of hydrogen-bond acceptors (Lipinski definition) is 4. The van der Waals surface area contributed by atoms with Crippen LogP contribution in [0.2, 0.25) is 5.02 Å². The summed E-state index contributed by atoms with van der Waals surface area (Å²) in [7, 11) is 0. The molecule has 4 rings (SSSR count). The van der Waals surface area contributed by atoms with Crippen molar-refractivity contribution in [1.29, 1.82) is 0 Å².